The van der Waals surface area contributed by atoms with Gasteiger partial charge in [0.15, 0.2) is 0 Å². The van der Waals surface area contributed by atoms with Crippen LogP contribution in [0.3, 0.4) is 0 Å². The topological polar surface area (TPSA) is 17.8 Å². The minimum Gasteiger partial charge on any atom is -0.327 e. The van der Waals surface area contributed by atoms with Crippen molar-refractivity contribution in [1.82, 2.24) is 9.55 Å². The molecular weight excluding hydrogens is 256 g/mol. The van der Waals surface area contributed by atoms with Crippen molar-refractivity contribution in [2.45, 2.75) is 26.3 Å². The zero-order chi connectivity index (χ0) is 14.7. The molecule has 3 aromatic rings. The van der Waals surface area contributed by atoms with E-state index in [-0.39, 0.29) is 0 Å². The predicted octanol–water partition coefficient (Wildman–Crippen LogP) is 4.72. The van der Waals surface area contributed by atoms with Gasteiger partial charge in [-0.3, -0.25) is 0 Å². The van der Waals surface area contributed by atoms with Gasteiger partial charge in [-0.15, -0.1) is 0 Å². The fraction of sp³-hybridized carbons (Fsp3) is 0.211. The molecule has 0 radical (unpaired) electrons. The molecule has 1 heterocycles. The van der Waals surface area contributed by atoms with Crippen LogP contribution in [0.5, 0.6) is 0 Å². The van der Waals surface area contributed by atoms with Gasteiger partial charge in [0.1, 0.15) is 5.82 Å². The molecular formula is C19H20N2. The lowest BCUT2D eigenvalue weighted by atomic mass is 9.97. The highest BCUT2D eigenvalue weighted by atomic mass is 15.1. The summed E-state index contributed by atoms with van der Waals surface area (Å²) in [6.45, 7) is 5.30. The van der Waals surface area contributed by atoms with Crippen molar-refractivity contribution in [1.29, 1.82) is 0 Å². The molecule has 3 rings (SSSR count). The van der Waals surface area contributed by atoms with Crippen LogP contribution in [0.4, 0.5) is 0 Å². The van der Waals surface area contributed by atoms with Crippen LogP contribution in [0.25, 0.3) is 11.4 Å². The summed E-state index contributed by atoms with van der Waals surface area (Å²) in [5, 5.41) is 0. The van der Waals surface area contributed by atoms with Crippen molar-refractivity contribution in [2.24, 2.45) is 0 Å². The van der Waals surface area contributed by atoms with Crippen molar-refractivity contribution in [3.63, 3.8) is 0 Å². The van der Waals surface area contributed by atoms with Crippen LogP contribution < -0.4 is 0 Å². The summed E-state index contributed by atoms with van der Waals surface area (Å²) in [7, 11) is 0. The summed E-state index contributed by atoms with van der Waals surface area (Å²) in [5.74, 6) is 1.53. The SMILES string of the molecule is CC(C)c1ccccc1-c1nccn1Cc1ccccc1. The van der Waals surface area contributed by atoms with Crippen molar-refractivity contribution < 1.29 is 0 Å². The van der Waals surface area contributed by atoms with Crippen molar-refractivity contribution >= 4 is 0 Å². The Morgan fingerprint density at radius 1 is 0.952 bits per heavy atom. The van der Waals surface area contributed by atoms with Gasteiger partial charge in [0.05, 0.1) is 0 Å². The fourth-order valence-electron chi connectivity index (χ4n) is 2.67. The molecule has 2 nitrogen and oxygen atoms in total. The third-order valence-electron chi connectivity index (χ3n) is 3.73. The Morgan fingerprint density at radius 2 is 1.67 bits per heavy atom. The first-order valence-corrected chi connectivity index (χ1v) is 7.40. The third-order valence-corrected chi connectivity index (χ3v) is 3.73. The van der Waals surface area contributed by atoms with Gasteiger partial charge in [-0.2, -0.15) is 0 Å². The molecule has 0 aliphatic carbocycles. The minimum absolute atomic E-state index is 0.489. The molecule has 0 unspecified atom stereocenters. The van der Waals surface area contributed by atoms with E-state index >= 15 is 0 Å². The van der Waals surface area contributed by atoms with Gasteiger partial charge in [0.25, 0.3) is 0 Å². The van der Waals surface area contributed by atoms with Crippen LogP contribution in [0.15, 0.2) is 67.0 Å². The van der Waals surface area contributed by atoms with Crippen molar-refractivity contribution in [3.05, 3.63) is 78.1 Å². The van der Waals surface area contributed by atoms with Gasteiger partial charge in [-0.05, 0) is 17.0 Å². The molecule has 2 heteroatoms. The Bertz CT molecular complexity index is 711. The average Bonchev–Trinajstić information content (AvgIpc) is 2.96. The summed E-state index contributed by atoms with van der Waals surface area (Å²) in [5.41, 5.74) is 3.87. The number of aromatic nitrogens is 2. The van der Waals surface area contributed by atoms with E-state index in [1.54, 1.807) is 0 Å². The van der Waals surface area contributed by atoms with Gasteiger partial charge in [-0.25, -0.2) is 4.98 Å². The predicted molar refractivity (Wildman–Crippen MR) is 87.3 cm³/mol. The highest BCUT2D eigenvalue weighted by molar-refractivity contribution is 5.61. The lowest BCUT2D eigenvalue weighted by Gasteiger charge is -2.14. The molecule has 0 bridgehead atoms. The van der Waals surface area contributed by atoms with Crippen LogP contribution in [0.1, 0.15) is 30.9 Å². The zero-order valence-electron chi connectivity index (χ0n) is 12.5. The van der Waals surface area contributed by atoms with Crippen LogP contribution in [-0.4, -0.2) is 9.55 Å². The van der Waals surface area contributed by atoms with Crippen LogP contribution >= 0.6 is 0 Å². The summed E-state index contributed by atoms with van der Waals surface area (Å²) >= 11 is 0. The second kappa shape index (κ2) is 5.96. The zero-order valence-corrected chi connectivity index (χ0v) is 12.5. The van der Waals surface area contributed by atoms with Crippen LogP contribution in [0.2, 0.25) is 0 Å². The maximum atomic E-state index is 4.59. The third kappa shape index (κ3) is 2.89. The Labute approximate surface area is 126 Å². The van der Waals surface area contributed by atoms with Crippen LogP contribution in [0, 0.1) is 0 Å². The Kier molecular flexibility index (Phi) is 3.87. The van der Waals surface area contributed by atoms with E-state index < -0.39 is 0 Å². The largest absolute Gasteiger partial charge is 0.327 e. The van der Waals surface area contributed by atoms with Gasteiger partial charge >= 0.3 is 0 Å². The molecule has 0 aliphatic rings. The highest BCUT2D eigenvalue weighted by Gasteiger charge is 2.12. The minimum atomic E-state index is 0.489. The summed E-state index contributed by atoms with van der Waals surface area (Å²) in [6.07, 6.45) is 3.94. The monoisotopic (exact) mass is 276 g/mol. The number of rotatable bonds is 4. The van der Waals surface area contributed by atoms with Gasteiger partial charge in [0.2, 0.25) is 0 Å². The second-order valence-corrected chi connectivity index (χ2v) is 5.61. The lowest BCUT2D eigenvalue weighted by Crippen LogP contribution is -2.03. The van der Waals surface area contributed by atoms with E-state index in [1.165, 1.54) is 16.7 Å². The highest BCUT2D eigenvalue weighted by Crippen LogP contribution is 2.28. The van der Waals surface area contributed by atoms with E-state index in [9.17, 15) is 0 Å². The molecule has 0 saturated carbocycles. The second-order valence-electron chi connectivity index (χ2n) is 5.61. The van der Waals surface area contributed by atoms with E-state index in [0.29, 0.717) is 5.92 Å². The Morgan fingerprint density at radius 3 is 2.43 bits per heavy atom. The average molecular weight is 276 g/mol. The lowest BCUT2D eigenvalue weighted by molar-refractivity contribution is 0.800. The van der Waals surface area contributed by atoms with E-state index in [4.69, 9.17) is 0 Å². The first-order valence-electron chi connectivity index (χ1n) is 7.40. The number of hydrogen-bond acceptors (Lipinski definition) is 1. The molecule has 0 spiro atoms. The van der Waals surface area contributed by atoms with Gasteiger partial charge < -0.3 is 4.57 Å². The van der Waals surface area contributed by atoms with Crippen LogP contribution in [-0.2, 0) is 6.54 Å². The quantitative estimate of drug-likeness (QED) is 0.674. The van der Waals surface area contributed by atoms with E-state index in [0.717, 1.165) is 12.4 Å². The van der Waals surface area contributed by atoms with Gasteiger partial charge in [-0.1, -0.05) is 68.4 Å². The van der Waals surface area contributed by atoms with Crippen molar-refractivity contribution in [2.75, 3.05) is 0 Å². The van der Waals surface area contributed by atoms with E-state index in [1.807, 2.05) is 12.3 Å². The molecule has 1 aromatic heterocycles. The first-order chi connectivity index (χ1) is 10.3. The molecule has 106 valence electrons. The van der Waals surface area contributed by atoms with Gasteiger partial charge in [0, 0.05) is 24.5 Å². The molecule has 0 aliphatic heterocycles. The molecule has 2 aromatic carbocycles. The molecule has 0 N–H and O–H groups in total. The summed E-state index contributed by atoms with van der Waals surface area (Å²) in [6, 6.07) is 19.1. The Balaban J connectivity index is 2.00. The number of nitrogens with zero attached hydrogens (tertiary/aromatic N) is 2. The smallest absolute Gasteiger partial charge is 0.140 e. The molecule has 0 fully saturated rings. The Hall–Kier alpha value is -2.35. The van der Waals surface area contributed by atoms with Crippen molar-refractivity contribution in [3.8, 4) is 11.4 Å². The first kappa shape index (κ1) is 13.6. The number of imidazole rings is 1. The number of hydrogen-bond donors (Lipinski definition) is 0. The summed E-state index contributed by atoms with van der Waals surface area (Å²) < 4.78 is 2.22. The maximum absolute atomic E-state index is 4.59. The standard InChI is InChI=1S/C19H20N2/c1-15(2)17-10-6-7-11-18(17)19-20-12-13-21(19)14-16-8-4-3-5-9-16/h3-13,15H,14H2,1-2H3. The number of benzene rings is 2. The van der Waals surface area contributed by atoms with E-state index in [2.05, 4.69) is 78.1 Å². The molecule has 0 amide bonds. The maximum Gasteiger partial charge on any atom is 0.140 e. The molecule has 0 saturated heterocycles. The normalized spacial score (nSPS) is 11.0. The summed E-state index contributed by atoms with van der Waals surface area (Å²) in [4.78, 5) is 4.59. The fourth-order valence-corrected chi connectivity index (χ4v) is 2.67. The molecule has 21 heavy (non-hydrogen) atoms. The molecule has 0 atom stereocenters.